The van der Waals surface area contributed by atoms with E-state index in [4.69, 9.17) is 11.6 Å². The van der Waals surface area contributed by atoms with Gasteiger partial charge in [0.15, 0.2) is 0 Å². The highest BCUT2D eigenvalue weighted by molar-refractivity contribution is 6.30. The minimum Gasteiger partial charge on any atom is -0.370 e. The van der Waals surface area contributed by atoms with Gasteiger partial charge < -0.3 is 10.3 Å². The van der Waals surface area contributed by atoms with E-state index in [9.17, 15) is 0 Å². The SMILES string of the molecule is CCc1nc(C)cc(NCCc2c[nH]c3cnc(Cl)cc23)n1. The summed E-state index contributed by atoms with van der Waals surface area (Å²) < 4.78 is 0. The van der Waals surface area contributed by atoms with Crippen molar-refractivity contribution in [3.05, 3.63) is 46.8 Å². The lowest BCUT2D eigenvalue weighted by molar-refractivity contribution is 0.907. The van der Waals surface area contributed by atoms with Crippen molar-refractivity contribution in [1.82, 2.24) is 19.9 Å². The number of halogens is 1. The van der Waals surface area contributed by atoms with Gasteiger partial charge in [-0.15, -0.1) is 0 Å². The molecule has 3 aromatic rings. The number of aromatic nitrogens is 4. The fourth-order valence-corrected chi connectivity index (χ4v) is 2.62. The fraction of sp³-hybridized carbons (Fsp3) is 0.312. The first-order valence-corrected chi connectivity index (χ1v) is 7.73. The number of hydrogen-bond donors (Lipinski definition) is 2. The van der Waals surface area contributed by atoms with Crippen molar-refractivity contribution in [2.75, 3.05) is 11.9 Å². The van der Waals surface area contributed by atoms with E-state index in [0.29, 0.717) is 5.15 Å². The summed E-state index contributed by atoms with van der Waals surface area (Å²) in [6.07, 6.45) is 5.48. The largest absolute Gasteiger partial charge is 0.370 e. The molecule has 0 bridgehead atoms. The lowest BCUT2D eigenvalue weighted by Gasteiger charge is -2.07. The standard InChI is InChI=1S/C16H18ClN5/c1-3-15-21-10(2)6-16(22-15)18-5-4-11-8-19-13-9-20-14(17)7-12(11)13/h6-9,19H,3-5H2,1-2H3,(H,18,21,22). The number of anilines is 1. The molecule has 0 aromatic carbocycles. The summed E-state index contributed by atoms with van der Waals surface area (Å²) in [4.78, 5) is 16.2. The third-order valence-electron chi connectivity index (χ3n) is 3.54. The number of hydrogen-bond acceptors (Lipinski definition) is 4. The molecule has 0 aliphatic rings. The van der Waals surface area contributed by atoms with Gasteiger partial charge >= 0.3 is 0 Å². The van der Waals surface area contributed by atoms with Gasteiger partial charge in [-0.3, -0.25) is 0 Å². The summed E-state index contributed by atoms with van der Waals surface area (Å²) in [7, 11) is 0. The normalized spacial score (nSPS) is 11.0. The van der Waals surface area contributed by atoms with E-state index in [1.807, 2.05) is 25.3 Å². The number of nitrogens with zero attached hydrogens (tertiary/aromatic N) is 3. The Labute approximate surface area is 134 Å². The number of H-pyrrole nitrogens is 1. The lowest BCUT2D eigenvalue weighted by atomic mass is 10.1. The topological polar surface area (TPSA) is 66.5 Å². The average Bonchev–Trinajstić information content (AvgIpc) is 2.89. The van der Waals surface area contributed by atoms with Crippen molar-refractivity contribution in [1.29, 1.82) is 0 Å². The van der Waals surface area contributed by atoms with Gasteiger partial charge in [0.1, 0.15) is 16.8 Å². The van der Waals surface area contributed by atoms with Crippen molar-refractivity contribution < 1.29 is 0 Å². The highest BCUT2D eigenvalue weighted by atomic mass is 35.5. The molecule has 0 aliphatic carbocycles. The van der Waals surface area contributed by atoms with Crippen LogP contribution in [-0.2, 0) is 12.8 Å². The molecular weight excluding hydrogens is 298 g/mol. The van der Waals surface area contributed by atoms with Crippen LogP contribution in [0.2, 0.25) is 5.15 Å². The molecule has 0 unspecified atom stereocenters. The molecule has 3 heterocycles. The van der Waals surface area contributed by atoms with Crippen molar-refractivity contribution in [3.8, 4) is 0 Å². The molecule has 5 nitrogen and oxygen atoms in total. The predicted octanol–water partition coefficient (Wildman–Crippen LogP) is 3.53. The number of aryl methyl sites for hydroxylation is 2. The minimum atomic E-state index is 0.514. The maximum absolute atomic E-state index is 5.97. The van der Waals surface area contributed by atoms with Gasteiger partial charge in [-0.1, -0.05) is 18.5 Å². The van der Waals surface area contributed by atoms with Crippen LogP contribution in [0.5, 0.6) is 0 Å². The second-order valence-electron chi connectivity index (χ2n) is 5.21. The van der Waals surface area contributed by atoms with E-state index in [-0.39, 0.29) is 0 Å². The zero-order valence-electron chi connectivity index (χ0n) is 12.7. The van der Waals surface area contributed by atoms with Gasteiger partial charge in [0, 0.05) is 36.3 Å². The number of aromatic amines is 1. The molecule has 0 aliphatic heterocycles. The Morgan fingerprint density at radius 2 is 2.14 bits per heavy atom. The molecular formula is C16H18ClN5. The van der Waals surface area contributed by atoms with Crippen LogP contribution in [0, 0.1) is 6.92 Å². The molecule has 0 fully saturated rings. The van der Waals surface area contributed by atoms with Crippen LogP contribution in [0.3, 0.4) is 0 Å². The third-order valence-corrected chi connectivity index (χ3v) is 3.74. The highest BCUT2D eigenvalue weighted by Crippen LogP contribution is 2.20. The summed E-state index contributed by atoms with van der Waals surface area (Å²) >= 11 is 5.97. The smallest absolute Gasteiger partial charge is 0.130 e. The van der Waals surface area contributed by atoms with Crippen LogP contribution >= 0.6 is 11.6 Å². The van der Waals surface area contributed by atoms with Gasteiger partial charge in [0.2, 0.25) is 0 Å². The predicted molar refractivity (Wildman–Crippen MR) is 89.4 cm³/mol. The van der Waals surface area contributed by atoms with E-state index >= 15 is 0 Å². The lowest BCUT2D eigenvalue weighted by Crippen LogP contribution is -2.08. The van der Waals surface area contributed by atoms with Gasteiger partial charge in [-0.05, 0) is 25.0 Å². The Morgan fingerprint density at radius 1 is 1.27 bits per heavy atom. The average molecular weight is 316 g/mol. The van der Waals surface area contributed by atoms with E-state index < -0.39 is 0 Å². The Kier molecular flexibility index (Phi) is 4.24. The number of rotatable bonds is 5. The summed E-state index contributed by atoms with van der Waals surface area (Å²) in [5.74, 6) is 1.75. The van der Waals surface area contributed by atoms with E-state index in [1.165, 1.54) is 5.56 Å². The zero-order valence-corrected chi connectivity index (χ0v) is 13.4. The van der Waals surface area contributed by atoms with Gasteiger partial charge in [0.05, 0.1) is 11.7 Å². The minimum absolute atomic E-state index is 0.514. The molecule has 6 heteroatoms. The maximum atomic E-state index is 5.97. The van der Waals surface area contributed by atoms with Crippen molar-refractivity contribution in [2.24, 2.45) is 0 Å². The van der Waals surface area contributed by atoms with E-state index in [2.05, 4.69) is 32.2 Å². The summed E-state index contributed by atoms with van der Waals surface area (Å²) in [6, 6.07) is 3.86. The van der Waals surface area contributed by atoms with Crippen LogP contribution < -0.4 is 5.32 Å². The van der Waals surface area contributed by atoms with Crippen LogP contribution in [0.1, 0.15) is 24.0 Å². The van der Waals surface area contributed by atoms with Gasteiger partial charge in [-0.2, -0.15) is 0 Å². The molecule has 0 saturated heterocycles. The van der Waals surface area contributed by atoms with Crippen LogP contribution in [0.15, 0.2) is 24.5 Å². The zero-order chi connectivity index (χ0) is 15.5. The molecule has 0 amide bonds. The van der Waals surface area contributed by atoms with Crippen LogP contribution in [0.4, 0.5) is 5.82 Å². The number of pyridine rings is 1. The molecule has 0 spiro atoms. The second-order valence-corrected chi connectivity index (χ2v) is 5.59. The molecule has 0 saturated carbocycles. The van der Waals surface area contributed by atoms with Crippen molar-refractivity contribution in [2.45, 2.75) is 26.7 Å². The maximum Gasteiger partial charge on any atom is 0.130 e. The Morgan fingerprint density at radius 3 is 2.95 bits per heavy atom. The molecule has 0 radical (unpaired) electrons. The van der Waals surface area contributed by atoms with E-state index in [1.54, 1.807) is 6.20 Å². The van der Waals surface area contributed by atoms with Gasteiger partial charge in [-0.25, -0.2) is 15.0 Å². The Hall–Kier alpha value is -2.14. The van der Waals surface area contributed by atoms with Crippen LogP contribution in [-0.4, -0.2) is 26.5 Å². The fourth-order valence-electron chi connectivity index (χ4n) is 2.46. The molecule has 2 N–H and O–H groups in total. The quantitative estimate of drug-likeness (QED) is 0.707. The Balaban J connectivity index is 1.70. The molecule has 22 heavy (non-hydrogen) atoms. The molecule has 114 valence electrons. The highest BCUT2D eigenvalue weighted by Gasteiger charge is 2.06. The number of fused-ring (bicyclic) bond motifs is 1. The molecule has 3 rings (SSSR count). The first kappa shape index (κ1) is 14.8. The Bertz CT molecular complexity index is 796. The second kappa shape index (κ2) is 6.32. The van der Waals surface area contributed by atoms with E-state index in [0.717, 1.165) is 47.6 Å². The summed E-state index contributed by atoms with van der Waals surface area (Å²) in [5, 5.41) is 5.00. The number of nitrogens with one attached hydrogen (secondary N) is 2. The van der Waals surface area contributed by atoms with Crippen LogP contribution in [0.25, 0.3) is 10.9 Å². The molecule has 0 atom stereocenters. The first-order chi connectivity index (χ1) is 10.7. The van der Waals surface area contributed by atoms with Crippen molar-refractivity contribution >= 4 is 28.3 Å². The first-order valence-electron chi connectivity index (χ1n) is 7.35. The van der Waals surface area contributed by atoms with Gasteiger partial charge in [0.25, 0.3) is 0 Å². The van der Waals surface area contributed by atoms with Crippen molar-refractivity contribution in [3.63, 3.8) is 0 Å². The third kappa shape index (κ3) is 3.20. The summed E-state index contributed by atoms with van der Waals surface area (Å²) in [5.41, 5.74) is 3.21. The summed E-state index contributed by atoms with van der Waals surface area (Å²) in [6.45, 7) is 4.84. The molecule has 3 aromatic heterocycles. The monoisotopic (exact) mass is 315 g/mol.